The van der Waals surface area contributed by atoms with Gasteiger partial charge in [-0.3, -0.25) is 4.79 Å². The first-order valence-electron chi connectivity index (χ1n) is 8.91. The molecule has 0 aromatic heterocycles. The number of carbonyl (C=O) groups is 1. The van der Waals surface area contributed by atoms with E-state index in [1.165, 1.54) is 44.9 Å². The van der Waals surface area contributed by atoms with Crippen molar-refractivity contribution in [1.82, 2.24) is 5.32 Å². The maximum Gasteiger partial charge on any atom is 0.155 e. The van der Waals surface area contributed by atoms with Gasteiger partial charge in [-0.15, -0.1) is 0 Å². The van der Waals surface area contributed by atoms with Crippen LogP contribution < -0.4 is 5.32 Å². The highest BCUT2D eigenvalue weighted by atomic mass is 16.1. The molecule has 0 radical (unpaired) electrons. The summed E-state index contributed by atoms with van der Waals surface area (Å²) < 4.78 is 0. The molecule has 0 aromatic rings. The molecule has 1 N–H and O–H groups in total. The topological polar surface area (TPSA) is 29.1 Å². The van der Waals surface area contributed by atoms with Crippen LogP contribution in [0.25, 0.3) is 0 Å². The van der Waals surface area contributed by atoms with Crippen molar-refractivity contribution in [2.75, 3.05) is 0 Å². The minimum atomic E-state index is -0.259. The second-order valence-electron chi connectivity index (χ2n) is 9.01. The number of carbonyl (C=O) groups excluding carboxylic acids is 1. The summed E-state index contributed by atoms with van der Waals surface area (Å²) in [5.74, 6) is 1.09. The van der Waals surface area contributed by atoms with Crippen LogP contribution in [0.3, 0.4) is 0 Å². The van der Waals surface area contributed by atoms with Crippen molar-refractivity contribution in [2.45, 2.75) is 104 Å². The lowest BCUT2D eigenvalue weighted by molar-refractivity contribution is -0.129. The standard InChI is InChI=1S/C19H37NO/c1-18(2,3)17(21)16(20-19(4,5)6)14-15-12-10-8-7-9-11-13-15/h15-16,20H,7-14H2,1-6H3. The Hall–Kier alpha value is -0.370. The van der Waals surface area contributed by atoms with Gasteiger partial charge < -0.3 is 5.32 Å². The van der Waals surface area contributed by atoms with Crippen molar-refractivity contribution in [3.63, 3.8) is 0 Å². The van der Waals surface area contributed by atoms with Gasteiger partial charge in [0.05, 0.1) is 6.04 Å². The van der Waals surface area contributed by atoms with Crippen LogP contribution in [-0.2, 0) is 4.79 Å². The zero-order chi connectivity index (χ0) is 16.1. The summed E-state index contributed by atoms with van der Waals surface area (Å²) in [6.45, 7) is 12.6. The van der Waals surface area contributed by atoms with Gasteiger partial charge in [-0.05, 0) is 33.1 Å². The van der Waals surface area contributed by atoms with Crippen LogP contribution in [0.5, 0.6) is 0 Å². The third-order valence-electron chi connectivity index (χ3n) is 4.46. The second kappa shape index (κ2) is 7.76. The average molecular weight is 296 g/mol. The first-order valence-corrected chi connectivity index (χ1v) is 8.91. The zero-order valence-corrected chi connectivity index (χ0v) is 15.2. The summed E-state index contributed by atoms with van der Waals surface area (Å²) in [5, 5.41) is 3.60. The Morgan fingerprint density at radius 2 is 1.43 bits per heavy atom. The van der Waals surface area contributed by atoms with E-state index in [1.807, 2.05) is 20.8 Å². The molecule has 21 heavy (non-hydrogen) atoms. The molecule has 0 saturated heterocycles. The molecular formula is C19H37NO. The summed E-state index contributed by atoms with van der Waals surface area (Å²) in [4.78, 5) is 12.8. The Kier molecular flexibility index (Phi) is 6.90. The van der Waals surface area contributed by atoms with Crippen molar-refractivity contribution < 1.29 is 4.79 Å². The van der Waals surface area contributed by atoms with Gasteiger partial charge in [-0.1, -0.05) is 65.7 Å². The van der Waals surface area contributed by atoms with Crippen molar-refractivity contribution >= 4 is 5.78 Å². The molecule has 1 saturated carbocycles. The quantitative estimate of drug-likeness (QED) is 0.781. The molecule has 2 heteroatoms. The Labute approximate surface area is 132 Å². The van der Waals surface area contributed by atoms with E-state index >= 15 is 0 Å². The van der Waals surface area contributed by atoms with Crippen LogP contribution in [0.15, 0.2) is 0 Å². The Bertz CT molecular complexity index is 313. The van der Waals surface area contributed by atoms with Gasteiger partial charge in [-0.2, -0.15) is 0 Å². The maximum absolute atomic E-state index is 12.8. The summed E-state index contributed by atoms with van der Waals surface area (Å²) in [7, 11) is 0. The monoisotopic (exact) mass is 295 g/mol. The zero-order valence-electron chi connectivity index (χ0n) is 15.2. The predicted molar refractivity (Wildman–Crippen MR) is 91.6 cm³/mol. The van der Waals surface area contributed by atoms with Crippen LogP contribution in [0.4, 0.5) is 0 Å². The molecule has 1 fully saturated rings. The summed E-state index contributed by atoms with van der Waals surface area (Å²) in [6.07, 6.45) is 10.5. The van der Waals surface area contributed by atoms with Gasteiger partial charge in [0.1, 0.15) is 0 Å². The molecule has 1 unspecified atom stereocenters. The van der Waals surface area contributed by atoms with E-state index in [0.29, 0.717) is 5.78 Å². The summed E-state index contributed by atoms with van der Waals surface area (Å²) >= 11 is 0. The van der Waals surface area contributed by atoms with Crippen LogP contribution in [0, 0.1) is 11.3 Å². The van der Waals surface area contributed by atoms with Gasteiger partial charge in [0.15, 0.2) is 5.78 Å². The smallest absolute Gasteiger partial charge is 0.155 e. The van der Waals surface area contributed by atoms with Gasteiger partial charge >= 0.3 is 0 Å². The van der Waals surface area contributed by atoms with E-state index in [0.717, 1.165) is 12.3 Å². The molecule has 124 valence electrons. The van der Waals surface area contributed by atoms with Crippen molar-refractivity contribution in [3.05, 3.63) is 0 Å². The van der Waals surface area contributed by atoms with E-state index in [9.17, 15) is 4.79 Å². The summed E-state index contributed by atoms with van der Waals surface area (Å²) in [6, 6.07) is 0.00873. The molecule has 1 aliphatic carbocycles. The van der Waals surface area contributed by atoms with Crippen LogP contribution in [0.1, 0.15) is 92.9 Å². The fraction of sp³-hybridized carbons (Fsp3) is 0.947. The van der Waals surface area contributed by atoms with Gasteiger partial charge in [0.2, 0.25) is 0 Å². The Morgan fingerprint density at radius 3 is 1.86 bits per heavy atom. The molecule has 1 aliphatic rings. The lowest BCUT2D eigenvalue weighted by Crippen LogP contribution is -2.51. The lowest BCUT2D eigenvalue weighted by atomic mass is 9.79. The molecular weight excluding hydrogens is 258 g/mol. The normalized spacial score (nSPS) is 20.7. The molecule has 2 nitrogen and oxygen atoms in total. The number of hydrogen-bond acceptors (Lipinski definition) is 2. The molecule has 0 aliphatic heterocycles. The van der Waals surface area contributed by atoms with Gasteiger partial charge in [0.25, 0.3) is 0 Å². The number of ketones is 1. The predicted octanol–water partition coefficient (Wildman–Crippen LogP) is 5.11. The van der Waals surface area contributed by atoms with E-state index in [2.05, 4.69) is 26.1 Å². The second-order valence-corrected chi connectivity index (χ2v) is 9.01. The SMILES string of the molecule is CC(C)(C)NC(CC1CCCCCCC1)C(=O)C(C)(C)C. The van der Waals surface area contributed by atoms with E-state index in [4.69, 9.17) is 0 Å². The number of Topliss-reactive ketones (excluding diaryl/α,β-unsaturated/α-hetero) is 1. The molecule has 1 atom stereocenters. The van der Waals surface area contributed by atoms with Crippen LogP contribution >= 0.6 is 0 Å². The molecule has 1 rings (SSSR count). The highest BCUT2D eigenvalue weighted by Crippen LogP contribution is 2.29. The first kappa shape index (κ1) is 18.7. The maximum atomic E-state index is 12.8. The van der Waals surface area contributed by atoms with Crippen molar-refractivity contribution in [2.24, 2.45) is 11.3 Å². The van der Waals surface area contributed by atoms with E-state index in [1.54, 1.807) is 0 Å². The molecule has 0 bridgehead atoms. The highest BCUT2D eigenvalue weighted by molar-refractivity contribution is 5.88. The highest BCUT2D eigenvalue weighted by Gasteiger charge is 2.33. The number of hydrogen-bond donors (Lipinski definition) is 1. The summed E-state index contributed by atoms with van der Waals surface area (Å²) in [5.41, 5.74) is -0.266. The fourth-order valence-electron chi connectivity index (χ4n) is 3.39. The van der Waals surface area contributed by atoms with Crippen LogP contribution in [-0.4, -0.2) is 17.4 Å². The minimum Gasteiger partial charge on any atom is -0.303 e. The van der Waals surface area contributed by atoms with Gasteiger partial charge in [-0.25, -0.2) is 0 Å². The minimum absolute atomic E-state index is 0.00675. The largest absolute Gasteiger partial charge is 0.303 e. The molecule has 0 heterocycles. The first-order chi connectivity index (χ1) is 9.59. The molecule has 0 aromatic carbocycles. The lowest BCUT2D eigenvalue weighted by Gasteiger charge is -2.34. The van der Waals surface area contributed by atoms with Crippen molar-refractivity contribution in [1.29, 1.82) is 0 Å². The van der Waals surface area contributed by atoms with Crippen molar-refractivity contribution in [3.8, 4) is 0 Å². The third-order valence-corrected chi connectivity index (χ3v) is 4.46. The third kappa shape index (κ3) is 7.44. The average Bonchev–Trinajstić information content (AvgIpc) is 2.27. The Morgan fingerprint density at radius 1 is 0.952 bits per heavy atom. The van der Waals surface area contributed by atoms with Crippen LogP contribution in [0.2, 0.25) is 0 Å². The molecule has 0 spiro atoms. The Balaban J connectivity index is 2.73. The fourth-order valence-corrected chi connectivity index (χ4v) is 3.39. The van der Waals surface area contributed by atoms with Gasteiger partial charge in [0, 0.05) is 11.0 Å². The van der Waals surface area contributed by atoms with E-state index < -0.39 is 0 Å². The number of rotatable bonds is 4. The molecule has 0 amide bonds. The van der Waals surface area contributed by atoms with E-state index in [-0.39, 0.29) is 17.0 Å². The number of nitrogens with one attached hydrogen (secondary N) is 1.